The number of rotatable bonds is 2. The van der Waals surface area contributed by atoms with Crippen molar-refractivity contribution in [3.05, 3.63) is 18.1 Å². The van der Waals surface area contributed by atoms with Gasteiger partial charge >= 0.3 is 5.97 Å². The van der Waals surface area contributed by atoms with E-state index < -0.39 is 5.97 Å². The van der Waals surface area contributed by atoms with Crippen LogP contribution in [0.5, 0.6) is 0 Å². The van der Waals surface area contributed by atoms with Crippen LogP contribution in [0.15, 0.2) is 12.4 Å². The molecule has 1 aliphatic rings. The summed E-state index contributed by atoms with van der Waals surface area (Å²) in [5.41, 5.74) is -0.0554. The van der Waals surface area contributed by atoms with Gasteiger partial charge in [-0.3, -0.25) is 4.98 Å². The highest BCUT2D eigenvalue weighted by Crippen LogP contribution is 2.22. The van der Waals surface area contributed by atoms with Crippen molar-refractivity contribution in [2.45, 2.75) is 18.9 Å². The zero-order valence-corrected chi connectivity index (χ0v) is 8.63. The predicted molar refractivity (Wildman–Crippen MR) is 58.2 cm³/mol. The van der Waals surface area contributed by atoms with Crippen LogP contribution in [0, 0.1) is 12.3 Å². The van der Waals surface area contributed by atoms with Gasteiger partial charge in [0.25, 0.3) is 0 Å². The number of aromatic nitrogens is 2. The molecule has 0 bridgehead atoms. The summed E-state index contributed by atoms with van der Waals surface area (Å²) in [5.74, 6) is 2.14. The van der Waals surface area contributed by atoms with E-state index >= 15 is 0 Å². The van der Waals surface area contributed by atoms with Gasteiger partial charge in [-0.1, -0.05) is 5.92 Å². The lowest BCUT2D eigenvalue weighted by Gasteiger charge is -2.21. The van der Waals surface area contributed by atoms with Crippen molar-refractivity contribution in [2.75, 3.05) is 11.4 Å². The van der Waals surface area contributed by atoms with Crippen molar-refractivity contribution >= 4 is 11.8 Å². The molecule has 16 heavy (non-hydrogen) atoms. The van der Waals surface area contributed by atoms with Gasteiger partial charge in [-0.05, 0) is 12.8 Å². The maximum Gasteiger partial charge on any atom is 0.356 e. The van der Waals surface area contributed by atoms with Gasteiger partial charge in [-0.15, -0.1) is 6.42 Å². The highest BCUT2D eigenvalue weighted by Gasteiger charge is 2.24. The van der Waals surface area contributed by atoms with Gasteiger partial charge in [0, 0.05) is 6.54 Å². The monoisotopic (exact) mass is 217 g/mol. The van der Waals surface area contributed by atoms with E-state index in [1.807, 2.05) is 4.90 Å². The third-order valence-corrected chi connectivity index (χ3v) is 2.58. The van der Waals surface area contributed by atoms with Crippen LogP contribution in [0.3, 0.4) is 0 Å². The number of aromatic carboxylic acids is 1. The minimum Gasteiger partial charge on any atom is -0.476 e. The number of hydrogen-bond acceptors (Lipinski definition) is 4. The molecule has 5 nitrogen and oxygen atoms in total. The standard InChI is InChI=1S/C11H11N3O2/c1-2-8-4-3-5-14(8)10-7-12-6-9(13-10)11(15)16/h1,6-8H,3-5H2,(H,15,16). The minimum absolute atomic E-state index is 0.00153. The van der Waals surface area contributed by atoms with Crippen LogP contribution < -0.4 is 4.90 Å². The predicted octanol–water partition coefficient (Wildman–Crippen LogP) is 0.777. The van der Waals surface area contributed by atoms with Crippen molar-refractivity contribution in [3.8, 4) is 12.3 Å². The first-order valence-electron chi connectivity index (χ1n) is 5.00. The molecule has 1 aliphatic heterocycles. The second-order valence-electron chi connectivity index (χ2n) is 3.59. The minimum atomic E-state index is -1.08. The summed E-state index contributed by atoms with van der Waals surface area (Å²) >= 11 is 0. The molecule has 5 heteroatoms. The smallest absolute Gasteiger partial charge is 0.356 e. The zero-order chi connectivity index (χ0) is 11.5. The fourth-order valence-corrected chi connectivity index (χ4v) is 1.81. The first-order valence-corrected chi connectivity index (χ1v) is 5.00. The Kier molecular flexibility index (Phi) is 2.73. The van der Waals surface area contributed by atoms with Crippen molar-refractivity contribution in [3.63, 3.8) is 0 Å². The van der Waals surface area contributed by atoms with Gasteiger partial charge in [0.05, 0.1) is 18.4 Å². The van der Waals surface area contributed by atoms with E-state index in [0.29, 0.717) is 5.82 Å². The molecule has 1 N–H and O–H groups in total. The lowest BCUT2D eigenvalue weighted by Crippen LogP contribution is -2.29. The molecular formula is C11H11N3O2. The van der Waals surface area contributed by atoms with E-state index in [0.717, 1.165) is 19.4 Å². The molecule has 0 spiro atoms. The third-order valence-electron chi connectivity index (χ3n) is 2.58. The molecule has 0 radical (unpaired) electrons. The van der Waals surface area contributed by atoms with E-state index in [1.54, 1.807) is 6.20 Å². The molecule has 1 unspecified atom stereocenters. The van der Waals surface area contributed by atoms with Gasteiger partial charge in [0.2, 0.25) is 0 Å². The van der Waals surface area contributed by atoms with Crippen molar-refractivity contribution < 1.29 is 9.90 Å². The highest BCUT2D eigenvalue weighted by atomic mass is 16.4. The summed E-state index contributed by atoms with van der Waals surface area (Å²) in [6.07, 6.45) is 10.1. The van der Waals surface area contributed by atoms with E-state index in [-0.39, 0.29) is 11.7 Å². The van der Waals surface area contributed by atoms with E-state index in [4.69, 9.17) is 11.5 Å². The van der Waals surface area contributed by atoms with Crippen LogP contribution in [0.4, 0.5) is 5.82 Å². The average molecular weight is 217 g/mol. The Hall–Kier alpha value is -2.09. The molecule has 1 fully saturated rings. The van der Waals surface area contributed by atoms with Gasteiger partial charge < -0.3 is 10.0 Å². The molecule has 2 heterocycles. The first kappa shape index (κ1) is 10.4. The fourth-order valence-electron chi connectivity index (χ4n) is 1.81. The van der Waals surface area contributed by atoms with Crippen LogP contribution in [-0.2, 0) is 0 Å². The van der Waals surface area contributed by atoms with Crippen LogP contribution in [0.2, 0.25) is 0 Å². The number of carboxylic acids is 1. The largest absolute Gasteiger partial charge is 0.476 e. The Bertz CT molecular complexity index is 453. The Morgan fingerprint density at radius 2 is 2.44 bits per heavy atom. The summed E-state index contributed by atoms with van der Waals surface area (Å²) in [5, 5.41) is 8.81. The summed E-state index contributed by atoms with van der Waals surface area (Å²) in [7, 11) is 0. The van der Waals surface area contributed by atoms with Crippen LogP contribution >= 0.6 is 0 Å². The summed E-state index contributed by atoms with van der Waals surface area (Å²) in [6, 6.07) is -0.00153. The summed E-state index contributed by atoms with van der Waals surface area (Å²) < 4.78 is 0. The number of carboxylic acid groups (broad SMARTS) is 1. The van der Waals surface area contributed by atoms with Gasteiger partial charge in [-0.25, -0.2) is 9.78 Å². The quantitative estimate of drug-likeness (QED) is 0.741. The summed E-state index contributed by atoms with van der Waals surface area (Å²) in [6.45, 7) is 0.798. The lowest BCUT2D eigenvalue weighted by molar-refractivity contribution is 0.0690. The maximum atomic E-state index is 10.8. The Balaban J connectivity index is 2.30. The molecule has 1 aromatic heterocycles. The second kappa shape index (κ2) is 4.19. The van der Waals surface area contributed by atoms with E-state index in [9.17, 15) is 4.79 Å². The number of terminal acetylenes is 1. The molecule has 0 aliphatic carbocycles. The molecule has 1 saturated heterocycles. The van der Waals surface area contributed by atoms with E-state index in [2.05, 4.69) is 15.9 Å². The van der Waals surface area contributed by atoms with Crippen LogP contribution in [-0.4, -0.2) is 33.6 Å². The number of hydrogen-bond donors (Lipinski definition) is 1. The number of anilines is 1. The molecule has 1 aromatic rings. The van der Waals surface area contributed by atoms with Crippen molar-refractivity contribution in [1.82, 2.24) is 9.97 Å². The second-order valence-corrected chi connectivity index (χ2v) is 3.59. The third kappa shape index (κ3) is 1.82. The fraction of sp³-hybridized carbons (Fsp3) is 0.364. The van der Waals surface area contributed by atoms with E-state index in [1.165, 1.54) is 6.20 Å². The normalized spacial score (nSPS) is 19.4. The van der Waals surface area contributed by atoms with Gasteiger partial charge in [-0.2, -0.15) is 0 Å². The van der Waals surface area contributed by atoms with Crippen LogP contribution in [0.1, 0.15) is 23.3 Å². The van der Waals surface area contributed by atoms with Crippen molar-refractivity contribution in [2.24, 2.45) is 0 Å². The molecule has 1 atom stereocenters. The maximum absolute atomic E-state index is 10.8. The Labute approximate surface area is 93.1 Å². The highest BCUT2D eigenvalue weighted by molar-refractivity contribution is 5.85. The first-order chi connectivity index (χ1) is 7.72. The number of nitrogens with zero attached hydrogens (tertiary/aromatic N) is 3. The molecule has 0 aromatic carbocycles. The molecule has 0 saturated carbocycles. The number of carbonyl (C=O) groups is 1. The summed E-state index contributed by atoms with van der Waals surface area (Å²) in [4.78, 5) is 20.6. The topological polar surface area (TPSA) is 66.3 Å². The van der Waals surface area contributed by atoms with Gasteiger partial charge in [0.15, 0.2) is 5.69 Å². The SMILES string of the molecule is C#CC1CCCN1c1cncc(C(=O)O)n1. The van der Waals surface area contributed by atoms with Gasteiger partial charge in [0.1, 0.15) is 5.82 Å². The molecule has 82 valence electrons. The average Bonchev–Trinajstić information content (AvgIpc) is 2.77. The Morgan fingerprint density at radius 3 is 3.12 bits per heavy atom. The Morgan fingerprint density at radius 1 is 1.62 bits per heavy atom. The molecule has 0 amide bonds. The van der Waals surface area contributed by atoms with Crippen molar-refractivity contribution in [1.29, 1.82) is 0 Å². The zero-order valence-electron chi connectivity index (χ0n) is 8.63. The lowest BCUT2D eigenvalue weighted by atomic mass is 10.2. The molecular weight excluding hydrogens is 206 g/mol. The molecule has 2 rings (SSSR count). The van der Waals surface area contributed by atoms with Crippen LogP contribution in [0.25, 0.3) is 0 Å².